The number of carboxylic acid groups (broad SMARTS) is 1. The molecule has 3 N–H and O–H groups in total. The molecule has 0 amide bonds. The Morgan fingerprint density at radius 1 is 1.43 bits per heavy atom. The number of aromatic hydroxyl groups is 1. The summed E-state index contributed by atoms with van der Waals surface area (Å²) in [5.41, 5.74) is 0.595. The largest absolute Gasteiger partial charge is 0.508 e. The van der Waals surface area contributed by atoms with Crippen molar-refractivity contribution in [2.45, 2.75) is 19.4 Å². The monoisotopic (exact) mass is 286 g/mol. The minimum absolute atomic E-state index is 0.0193. The molecule has 21 heavy (non-hydrogen) atoms. The molecule has 0 fully saturated rings. The van der Waals surface area contributed by atoms with Gasteiger partial charge in [0.15, 0.2) is 5.82 Å². The lowest BCUT2D eigenvalue weighted by molar-refractivity contribution is -0.132. The van der Waals surface area contributed by atoms with Crippen LogP contribution in [0.1, 0.15) is 24.4 Å². The Kier molecular flexibility index (Phi) is 3.09. The van der Waals surface area contributed by atoms with Gasteiger partial charge in [-0.15, -0.1) is 0 Å². The Morgan fingerprint density at radius 3 is 2.86 bits per heavy atom. The molecule has 0 saturated carbocycles. The smallest absolute Gasteiger partial charge is 0.352 e. The van der Waals surface area contributed by atoms with Crippen LogP contribution in [0.2, 0.25) is 0 Å². The molecule has 3 rings (SSSR count). The quantitative estimate of drug-likeness (QED) is 0.791. The van der Waals surface area contributed by atoms with E-state index in [1.807, 2.05) is 6.92 Å². The number of aromatic nitrogens is 3. The average molecular weight is 286 g/mol. The third-order valence-electron chi connectivity index (χ3n) is 3.31. The number of carboxylic acids is 1. The van der Waals surface area contributed by atoms with E-state index in [4.69, 9.17) is 0 Å². The Hall–Kier alpha value is -2.83. The van der Waals surface area contributed by atoms with Crippen LogP contribution in [0.25, 0.3) is 0 Å². The molecule has 108 valence electrons. The fourth-order valence-corrected chi connectivity index (χ4v) is 2.27. The number of phenols is 1. The maximum Gasteiger partial charge on any atom is 0.352 e. The second-order valence-electron chi connectivity index (χ2n) is 4.66. The van der Waals surface area contributed by atoms with Crippen molar-refractivity contribution in [2.75, 3.05) is 5.32 Å². The van der Waals surface area contributed by atoms with Crippen molar-refractivity contribution >= 4 is 11.9 Å². The number of hydrogen-bond acceptors (Lipinski definition) is 5. The summed E-state index contributed by atoms with van der Waals surface area (Å²) in [5, 5.41) is 26.3. The first-order chi connectivity index (χ1) is 10.1. The number of aryl methyl sites for hydroxylation is 1. The van der Waals surface area contributed by atoms with E-state index in [2.05, 4.69) is 15.4 Å². The maximum absolute atomic E-state index is 11.3. The number of rotatable bonds is 3. The van der Waals surface area contributed by atoms with Crippen molar-refractivity contribution in [1.29, 1.82) is 0 Å². The van der Waals surface area contributed by atoms with Gasteiger partial charge in [0.25, 0.3) is 0 Å². The summed E-state index contributed by atoms with van der Waals surface area (Å²) in [6.45, 7) is 1.92. The van der Waals surface area contributed by atoms with Gasteiger partial charge in [-0.1, -0.05) is 25.1 Å². The summed E-state index contributed by atoms with van der Waals surface area (Å²) in [4.78, 5) is 15.5. The minimum atomic E-state index is -1.08. The van der Waals surface area contributed by atoms with E-state index in [0.717, 1.165) is 0 Å². The molecule has 1 aliphatic heterocycles. The molecule has 0 spiro atoms. The number of anilines is 1. The summed E-state index contributed by atoms with van der Waals surface area (Å²) < 4.78 is 1.58. The number of para-hydroxylation sites is 1. The average Bonchev–Trinajstić information content (AvgIpc) is 2.90. The van der Waals surface area contributed by atoms with Crippen LogP contribution in [0.4, 0.5) is 5.95 Å². The highest BCUT2D eigenvalue weighted by atomic mass is 16.4. The molecule has 0 bridgehead atoms. The molecular formula is C14H14N4O3. The third-order valence-corrected chi connectivity index (χ3v) is 3.31. The standard InChI is InChI=1S/C14H14N4O3/c1-2-12-16-14-15-9(13(20)21)7-10(18(14)17-12)8-5-3-4-6-11(8)19/h3-7,10,19H,2H2,1H3,(H,20,21)(H,15,16,17). The molecule has 1 unspecified atom stereocenters. The van der Waals surface area contributed by atoms with E-state index in [1.54, 1.807) is 28.9 Å². The number of carbonyl (C=O) groups is 1. The van der Waals surface area contributed by atoms with Gasteiger partial charge in [0, 0.05) is 12.0 Å². The van der Waals surface area contributed by atoms with Crippen LogP contribution in [0, 0.1) is 0 Å². The highest BCUT2D eigenvalue weighted by molar-refractivity contribution is 5.90. The molecule has 0 aliphatic carbocycles. The number of hydrogen-bond donors (Lipinski definition) is 3. The predicted molar refractivity (Wildman–Crippen MR) is 75.0 cm³/mol. The van der Waals surface area contributed by atoms with Gasteiger partial charge < -0.3 is 15.5 Å². The van der Waals surface area contributed by atoms with E-state index in [1.165, 1.54) is 6.08 Å². The number of nitrogens with one attached hydrogen (secondary N) is 1. The van der Waals surface area contributed by atoms with Gasteiger partial charge in [0.2, 0.25) is 5.95 Å². The number of allylic oxidation sites excluding steroid dienone is 1. The van der Waals surface area contributed by atoms with Crippen molar-refractivity contribution in [3.8, 4) is 5.75 Å². The predicted octanol–water partition coefficient (Wildman–Crippen LogP) is 1.53. The minimum Gasteiger partial charge on any atom is -0.508 e. The first kappa shape index (κ1) is 13.2. The van der Waals surface area contributed by atoms with Crippen LogP contribution in [-0.4, -0.2) is 30.9 Å². The van der Waals surface area contributed by atoms with Crippen molar-refractivity contribution in [3.05, 3.63) is 47.4 Å². The fourth-order valence-electron chi connectivity index (χ4n) is 2.27. The molecule has 0 saturated heterocycles. The van der Waals surface area contributed by atoms with Crippen LogP contribution in [-0.2, 0) is 11.2 Å². The Morgan fingerprint density at radius 2 is 2.19 bits per heavy atom. The van der Waals surface area contributed by atoms with Gasteiger partial charge in [-0.05, 0) is 12.1 Å². The molecule has 0 radical (unpaired) electrons. The number of nitrogens with zero attached hydrogens (tertiary/aromatic N) is 3. The molecule has 1 aliphatic rings. The third kappa shape index (κ3) is 2.22. The van der Waals surface area contributed by atoms with E-state index in [9.17, 15) is 15.0 Å². The number of phenolic OH excluding ortho intramolecular Hbond substituents is 1. The highest BCUT2D eigenvalue weighted by Gasteiger charge is 2.28. The van der Waals surface area contributed by atoms with Crippen LogP contribution in [0.5, 0.6) is 5.75 Å². The topological polar surface area (TPSA) is 100 Å². The van der Waals surface area contributed by atoms with E-state index in [0.29, 0.717) is 23.8 Å². The molecule has 7 nitrogen and oxygen atoms in total. The fraction of sp³-hybridized carbons (Fsp3) is 0.214. The zero-order valence-corrected chi connectivity index (χ0v) is 11.3. The lowest BCUT2D eigenvalue weighted by Crippen LogP contribution is -2.24. The van der Waals surface area contributed by atoms with Crippen LogP contribution < -0.4 is 5.32 Å². The maximum atomic E-state index is 11.3. The van der Waals surface area contributed by atoms with E-state index in [-0.39, 0.29) is 11.4 Å². The molecule has 1 aromatic carbocycles. The molecular weight excluding hydrogens is 272 g/mol. The lowest BCUT2D eigenvalue weighted by Gasteiger charge is -2.22. The highest BCUT2D eigenvalue weighted by Crippen LogP contribution is 2.33. The van der Waals surface area contributed by atoms with Crippen molar-refractivity contribution in [3.63, 3.8) is 0 Å². The van der Waals surface area contributed by atoms with Crippen molar-refractivity contribution < 1.29 is 15.0 Å². The molecule has 7 heteroatoms. The second-order valence-corrected chi connectivity index (χ2v) is 4.66. The molecule has 1 aromatic heterocycles. The molecule has 2 heterocycles. The first-order valence-corrected chi connectivity index (χ1v) is 6.55. The number of benzene rings is 1. The van der Waals surface area contributed by atoms with Gasteiger partial charge in [-0.2, -0.15) is 10.1 Å². The van der Waals surface area contributed by atoms with Crippen molar-refractivity contribution in [1.82, 2.24) is 14.8 Å². The number of fused-ring (bicyclic) bond motifs is 1. The lowest BCUT2D eigenvalue weighted by atomic mass is 10.0. The first-order valence-electron chi connectivity index (χ1n) is 6.55. The zero-order valence-electron chi connectivity index (χ0n) is 11.3. The normalized spacial score (nSPS) is 16.8. The Labute approximate surface area is 120 Å². The number of aliphatic carboxylic acids is 1. The van der Waals surface area contributed by atoms with Gasteiger partial charge in [0.05, 0.1) is 0 Å². The Balaban J connectivity index is 2.15. The van der Waals surface area contributed by atoms with Crippen LogP contribution in [0.3, 0.4) is 0 Å². The summed E-state index contributed by atoms with van der Waals surface area (Å²) in [6.07, 6.45) is 2.15. The summed E-state index contributed by atoms with van der Waals surface area (Å²) >= 11 is 0. The Bertz CT molecular complexity index is 736. The van der Waals surface area contributed by atoms with E-state index >= 15 is 0 Å². The summed E-state index contributed by atoms with van der Waals surface area (Å²) in [7, 11) is 0. The SMILES string of the molecule is CCc1nc2n(n1)C(c1ccccc1O)C=C(C(=O)O)N2. The molecule has 1 atom stereocenters. The van der Waals surface area contributed by atoms with Crippen molar-refractivity contribution in [2.24, 2.45) is 0 Å². The second kappa shape index (κ2) is 4.93. The van der Waals surface area contributed by atoms with Gasteiger partial charge >= 0.3 is 5.97 Å². The van der Waals surface area contributed by atoms with Gasteiger partial charge in [-0.3, -0.25) is 0 Å². The van der Waals surface area contributed by atoms with Crippen LogP contribution in [0.15, 0.2) is 36.0 Å². The van der Waals surface area contributed by atoms with Gasteiger partial charge in [-0.25, -0.2) is 9.48 Å². The molecule has 2 aromatic rings. The summed E-state index contributed by atoms with van der Waals surface area (Å²) in [6, 6.07) is 6.27. The van der Waals surface area contributed by atoms with E-state index < -0.39 is 12.0 Å². The zero-order chi connectivity index (χ0) is 15.0. The van der Waals surface area contributed by atoms with Gasteiger partial charge in [0.1, 0.15) is 17.5 Å². The summed E-state index contributed by atoms with van der Waals surface area (Å²) in [5.74, 6) is -0.0226. The van der Waals surface area contributed by atoms with Crippen LogP contribution >= 0.6 is 0 Å².